The van der Waals surface area contributed by atoms with Gasteiger partial charge in [0.2, 0.25) is 0 Å². The molecule has 0 amide bonds. The van der Waals surface area contributed by atoms with E-state index in [1.54, 1.807) is 26.8 Å². The first-order valence-corrected chi connectivity index (χ1v) is 7.57. The minimum absolute atomic E-state index is 0.164. The Morgan fingerprint density at radius 2 is 2.00 bits per heavy atom. The lowest BCUT2D eigenvalue weighted by Crippen LogP contribution is -2.30. The molecule has 1 aromatic rings. The highest BCUT2D eigenvalue weighted by atomic mass is 32.2. The van der Waals surface area contributed by atoms with Gasteiger partial charge < -0.3 is 0 Å². The second-order valence-electron chi connectivity index (χ2n) is 6.13. The molecule has 1 fully saturated rings. The molecule has 2 atom stereocenters. The van der Waals surface area contributed by atoms with Crippen molar-refractivity contribution in [2.24, 2.45) is 5.92 Å². The Morgan fingerprint density at radius 3 is 2.52 bits per heavy atom. The van der Waals surface area contributed by atoms with Crippen LogP contribution in [0.25, 0.3) is 0 Å². The zero-order chi connectivity index (χ0) is 16.0. The van der Waals surface area contributed by atoms with Crippen LogP contribution in [0.1, 0.15) is 31.4 Å². The fraction of sp³-hybridized carbons (Fsp3) is 0.500. The molecule has 0 aromatic heterocycles. The Labute approximate surface area is 126 Å². The van der Waals surface area contributed by atoms with Gasteiger partial charge in [-0.1, -0.05) is 26.5 Å². The number of hydrogen-bond donors (Lipinski definition) is 0. The fourth-order valence-electron chi connectivity index (χ4n) is 3.09. The highest BCUT2D eigenvalue weighted by Gasteiger charge is 2.66. The number of thioether (sulfide) groups is 1. The summed E-state index contributed by atoms with van der Waals surface area (Å²) in [4.78, 5) is 0. The summed E-state index contributed by atoms with van der Waals surface area (Å²) in [6.45, 7) is 8.55. The van der Waals surface area contributed by atoms with Gasteiger partial charge in [-0.25, -0.2) is 17.6 Å². The predicted molar refractivity (Wildman–Crippen MR) is 78.8 cm³/mol. The first kappa shape index (κ1) is 16.4. The Hall–Kier alpha value is -0.970. The molecule has 0 radical (unpaired) electrons. The smallest absolute Gasteiger partial charge is 0.209 e. The number of aryl methyl sites for hydroxylation is 1. The van der Waals surface area contributed by atoms with Crippen molar-refractivity contribution in [1.29, 1.82) is 0 Å². The van der Waals surface area contributed by atoms with Crippen LogP contribution in [0.3, 0.4) is 0 Å². The van der Waals surface area contributed by atoms with E-state index in [1.165, 1.54) is 5.41 Å². The van der Waals surface area contributed by atoms with Crippen molar-refractivity contribution >= 4 is 11.8 Å². The van der Waals surface area contributed by atoms with Gasteiger partial charge in [-0.2, -0.15) is 0 Å². The molecule has 116 valence electrons. The monoisotopic (exact) mass is 318 g/mol. The molecule has 1 aliphatic rings. The van der Waals surface area contributed by atoms with E-state index in [0.717, 1.165) is 17.8 Å². The van der Waals surface area contributed by atoms with Crippen molar-refractivity contribution in [3.8, 4) is 0 Å². The summed E-state index contributed by atoms with van der Waals surface area (Å²) in [5.74, 6) is -2.30. The minimum Gasteiger partial charge on any atom is -0.209 e. The number of benzene rings is 1. The maximum Gasteiger partial charge on any atom is 0.253 e. The molecular weight excluding hydrogens is 300 g/mol. The lowest BCUT2D eigenvalue weighted by molar-refractivity contribution is 0.125. The molecule has 0 N–H and O–H groups in total. The summed E-state index contributed by atoms with van der Waals surface area (Å²) >= 11 is 0.994. The third kappa shape index (κ3) is 2.60. The lowest BCUT2D eigenvalue weighted by Gasteiger charge is -2.29. The summed E-state index contributed by atoms with van der Waals surface area (Å²) < 4.78 is 53.2. The molecule has 1 aromatic carbocycles. The van der Waals surface area contributed by atoms with Crippen molar-refractivity contribution in [2.45, 2.75) is 43.8 Å². The van der Waals surface area contributed by atoms with E-state index in [0.29, 0.717) is 5.56 Å². The maximum absolute atomic E-state index is 14.1. The maximum atomic E-state index is 14.1. The average molecular weight is 318 g/mol. The van der Waals surface area contributed by atoms with E-state index in [2.05, 4.69) is 6.58 Å². The van der Waals surface area contributed by atoms with Gasteiger partial charge in [-0.15, -0.1) is 11.8 Å². The lowest BCUT2D eigenvalue weighted by atomic mass is 9.78. The van der Waals surface area contributed by atoms with Gasteiger partial charge in [0.25, 0.3) is 6.43 Å². The highest BCUT2D eigenvalue weighted by molar-refractivity contribution is 8.03. The topological polar surface area (TPSA) is 0 Å². The van der Waals surface area contributed by atoms with E-state index in [9.17, 15) is 17.6 Å². The summed E-state index contributed by atoms with van der Waals surface area (Å²) in [5.41, 5.74) is -0.127. The Morgan fingerprint density at radius 1 is 1.38 bits per heavy atom. The summed E-state index contributed by atoms with van der Waals surface area (Å²) in [7, 11) is 0. The Balaban J connectivity index is 2.43. The van der Waals surface area contributed by atoms with Crippen LogP contribution in [-0.2, 0) is 5.41 Å². The normalized spacial score (nSPS) is 25.2. The highest BCUT2D eigenvalue weighted by Crippen LogP contribution is 2.65. The van der Waals surface area contributed by atoms with Crippen LogP contribution < -0.4 is 0 Å². The first-order chi connectivity index (χ1) is 9.66. The third-order valence-electron chi connectivity index (χ3n) is 4.36. The van der Waals surface area contributed by atoms with Gasteiger partial charge >= 0.3 is 0 Å². The van der Waals surface area contributed by atoms with Crippen LogP contribution >= 0.6 is 11.8 Å². The van der Waals surface area contributed by atoms with Gasteiger partial charge in [-0.05, 0) is 47.3 Å². The van der Waals surface area contributed by atoms with Gasteiger partial charge in [-0.3, -0.25) is 0 Å². The van der Waals surface area contributed by atoms with Gasteiger partial charge in [0.1, 0.15) is 0 Å². The van der Waals surface area contributed by atoms with Crippen LogP contribution in [0, 0.1) is 24.5 Å². The van der Waals surface area contributed by atoms with E-state index >= 15 is 0 Å². The van der Waals surface area contributed by atoms with Gasteiger partial charge in [0.05, 0.1) is 4.75 Å². The second kappa shape index (κ2) is 5.34. The van der Waals surface area contributed by atoms with Crippen LogP contribution in [-0.4, -0.2) is 11.2 Å². The molecule has 0 saturated heterocycles. The quantitative estimate of drug-likeness (QED) is 0.650. The van der Waals surface area contributed by atoms with Crippen molar-refractivity contribution in [2.75, 3.05) is 0 Å². The SMILES string of the molecule is C=CS[C@@]1(C(F)F)CC1C(C)(C)c1cc(C)cc(F)c1F. The van der Waals surface area contributed by atoms with E-state index in [1.807, 2.05) is 0 Å². The van der Waals surface area contributed by atoms with E-state index < -0.39 is 34.1 Å². The molecule has 1 aliphatic carbocycles. The Kier molecular flexibility index (Phi) is 4.17. The molecule has 1 unspecified atom stereocenters. The van der Waals surface area contributed by atoms with E-state index in [-0.39, 0.29) is 12.0 Å². The molecule has 0 bridgehead atoms. The molecule has 5 heteroatoms. The van der Waals surface area contributed by atoms with Crippen molar-refractivity contribution in [3.63, 3.8) is 0 Å². The number of rotatable bonds is 5. The van der Waals surface area contributed by atoms with Crippen LogP contribution in [0.15, 0.2) is 24.1 Å². The zero-order valence-corrected chi connectivity index (χ0v) is 13.0. The first-order valence-electron chi connectivity index (χ1n) is 6.70. The fourth-order valence-corrected chi connectivity index (χ4v) is 4.22. The summed E-state index contributed by atoms with van der Waals surface area (Å²) in [6.07, 6.45) is -2.26. The molecule has 0 nitrogen and oxygen atoms in total. The third-order valence-corrected chi connectivity index (χ3v) is 5.60. The van der Waals surface area contributed by atoms with Crippen molar-refractivity contribution in [1.82, 2.24) is 0 Å². The Bertz CT molecular complexity index is 568. The standard InChI is InChI=1S/C16H18F4S/c1-5-21-16(14(19)20)8-12(16)15(3,4)10-6-9(2)7-11(17)13(10)18/h5-7,12,14H,1,8H2,2-4H3/t12?,16-/m0/s1. The summed E-state index contributed by atoms with van der Waals surface area (Å²) in [6, 6.07) is 2.66. The number of hydrogen-bond acceptors (Lipinski definition) is 1. The molecule has 1 saturated carbocycles. The number of halogens is 4. The minimum atomic E-state index is -2.53. The molecule has 0 spiro atoms. The van der Waals surface area contributed by atoms with Crippen molar-refractivity contribution in [3.05, 3.63) is 46.9 Å². The van der Waals surface area contributed by atoms with Crippen LogP contribution in [0.4, 0.5) is 17.6 Å². The molecule has 0 aliphatic heterocycles. The van der Waals surface area contributed by atoms with E-state index in [4.69, 9.17) is 0 Å². The van der Waals surface area contributed by atoms with Crippen molar-refractivity contribution < 1.29 is 17.6 Å². The second-order valence-corrected chi connectivity index (χ2v) is 7.46. The van der Waals surface area contributed by atoms with Gasteiger partial charge in [0, 0.05) is 0 Å². The molecule has 0 heterocycles. The van der Waals surface area contributed by atoms with Gasteiger partial charge in [0.15, 0.2) is 11.6 Å². The predicted octanol–water partition coefficient (Wildman–Crippen LogP) is 5.45. The average Bonchev–Trinajstić information content (AvgIpc) is 3.11. The van der Waals surface area contributed by atoms with Crippen LogP contribution in [0.2, 0.25) is 0 Å². The number of alkyl halides is 2. The van der Waals surface area contributed by atoms with Crippen LogP contribution in [0.5, 0.6) is 0 Å². The summed E-state index contributed by atoms with van der Waals surface area (Å²) in [5, 5.41) is 1.40. The largest absolute Gasteiger partial charge is 0.253 e. The zero-order valence-electron chi connectivity index (χ0n) is 12.2. The molecule has 2 rings (SSSR count). The molecular formula is C16H18F4S. The molecule has 21 heavy (non-hydrogen) atoms.